The third-order valence-corrected chi connectivity index (χ3v) is 2.54. The van der Waals surface area contributed by atoms with Crippen molar-refractivity contribution < 1.29 is 9.42 Å². The first-order chi connectivity index (χ1) is 6.56. The molecule has 0 atom stereocenters. The highest BCUT2D eigenvalue weighted by atomic mass is 16.6. The number of aromatic nitrogens is 2. The van der Waals surface area contributed by atoms with Gasteiger partial charge in [-0.15, -0.1) is 0 Å². The molecule has 0 saturated heterocycles. The molecule has 1 aliphatic heterocycles. The largest absolute Gasteiger partial charge is 0.328 e. The zero-order valence-electron chi connectivity index (χ0n) is 8.15. The van der Waals surface area contributed by atoms with Crippen LogP contribution in [0.15, 0.2) is 4.63 Å². The van der Waals surface area contributed by atoms with Gasteiger partial charge in [-0.2, -0.15) is 0 Å². The Morgan fingerprint density at radius 2 is 2.29 bits per heavy atom. The quantitative estimate of drug-likeness (QED) is 0.705. The van der Waals surface area contributed by atoms with E-state index in [9.17, 15) is 4.79 Å². The zero-order chi connectivity index (χ0) is 10.3. The van der Waals surface area contributed by atoms with E-state index in [1.807, 2.05) is 13.8 Å². The van der Waals surface area contributed by atoms with Crippen LogP contribution in [0, 0.1) is 0 Å². The van der Waals surface area contributed by atoms with Crippen molar-refractivity contribution in [2.45, 2.75) is 25.9 Å². The van der Waals surface area contributed by atoms with Crippen LogP contribution in [0.5, 0.6) is 0 Å². The molecule has 2 N–H and O–H groups in total. The lowest BCUT2D eigenvalue weighted by Crippen LogP contribution is -2.49. The number of fused-ring (bicyclic) bond motifs is 1. The Hall–Kier alpha value is -1.43. The molecule has 2 heterocycles. The van der Waals surface area contributed by atoms with Crippen LogP contribution in [-0.2, 0) is 6.54 Å². The molecular formula is C8H12N4O2. The summed E-state index contributed by atoms with van der Waals surface area (Å²) in [6.45, 7) is 4.66. The molecule has 0 bridgehead atoms. The van der Waals surface area contributed by atoms with E-state index in [4.69, 9.17) is 5.73 Å². The van der Waals surface area contributed by atoms with E-state index in [1.54, 1.807) is 4.90 Å². The fraction of sp³-hybridized carbons (Fsp3) is 0.625. The normalized spacial score (nSPS) is 16.2. The minimum Gasteiger partial charge on any atom is -0.328 e. The maximum atomic E-state index is 11.8. The molecule has 0 spiro atoms. The minimum absolute atomic E-state index is 0.156. The second-order valence-electron chi connectivity index (χ2n) is 3.97. The smallest absolute Gasteiger partial charge is 0.278 e. The summed E-state index contributed by atoms with van der Waals surface area (Å²) in [5.74, 6) is -0.156. The number of amides is 1. The van der Waals surface area contributed by atoms with Crippen molar-refractivity contribution in [2.75, 3.05) is 6.54 Å². The Balaban J connectivity index is 2.30. The van der Waals surface area contributed by atoms with Crippen LogP contribution in [0.2, 0.25) is 0 Å². The lowest BCUT2D eigenvalue weighted by molar-refractivity contribution is 0.0566. The summed E-state index contributed by atoms with van der Waals surface area (Å²) >= 11 is 0. The van der Waals surface area contributed by atoms with Crippen molar-refractivity contribution in [3.05, 3.63) is 11.4 Å². The lowest BCUT2D eigenvalue weighted by atomic mass is 10.0. The van der Waals surface area contributed by atoms with Gasteiger partial charge >= 0.3 is 0 Å². The zero-order valence-corrected chi connectivity index (χ0v) is 8.15. The van der Waals surface area contributed by atoms with E-state index in [0.29, 0.717) is 24.5 Å². The summed E-state index contributed by atoms with van der Waals surface area (Å²) in [5.41, 5.74) is 6.13. The second kappa shape index (κ2) is 2.78. The van der Waals surface area contributed by atoms with Crippen molar-refractivity contribution in [3.63, 3.8) is 0 Å². The molecule has 1 amide bonds. The van der Waals surface area contributed by atoms with Gasteiger partial charge in [0, 0.05) is 6.54 Å². The van der Waals surface area contributed by atoms with E-state index in [-0.39, 0.29) is 11.4 Å². The van der Waals surface area contributed by atoms with Crippen LogP contribution in [0.25, 0.3) is 0 Å². The standard InChI is InChI=1S/C8H12N4O2/c1-8(2,4-9)12-3-5-6(7(12)13)11-14-10-5/h3-4,9H2,1-2H3. The molecule has 0 unspecified atom stereocenters. The van der Waals surface area contributed by atoms with Crippen molar-refractivity contribution >= 4 is 5.91 Å². The molecule has 0 aromatic carbocycles. The lowest BCUT2D eigenvalue weighted by Gasteiger charge is -2.33. The van der Waals surface area contributed by atoms with E-state index >= 15 is 0 Å². The van der Waals surface area contributed by atoms with Crippen molar-refractivity contribution in [1.29, 1.82) is 0 Å². The van der Waals surface area contributed by atoms with Crippen molar-refractivity contribution in [3.8, 4) is 0 Å². The van der Waals surface area contributed by atoms with E-state index < -0.39 is 0 Å². The predicted octanol–water partition coefficient (Wildman–Crippen LogP) is -0.237. The Labute approximate surface area is 81.0 Å². The first-order valence-electron chi connectivity index (χ1n) is 4.40. The molecule has 0 aliphatic carbocycles. The molecule has 1 aromatic rings. The van der Waals surface area contributed by atoms with Crippen LogP contribution in [0.3, 0.4) is 0 Å². The summed E-state index contributed by atoms with van der Waals surface area (Å²) in [7, 11) is 0. The van der Waals surface area contributed by atoms with E-state index in [1.165, 1.54) is 0 Å². The molecule has 76 valence electrons. The third-order valence-electron chi connectivity index (χ3n) is 2.54. The highest BCUT2D eigenvalue weighted by Crippen LogP contribution is 2.26. The number of carbonyl (C=O) groups is 1. The summed E-state index contributed by atoms with van der Waals surface area (Å²) < 4.78 is 4.47. The number of hydrogen-bond acceptors (Lipinski definition) is 5. The fourth-order valence-corrected chi connectivity index (χ4v) is 1.42. The fourth-order valence-electron chi connectivity index (χ4n) is 1.42. The molecule has 0 saturated carbocycles. The highest BCUT2D eigenvalue weighted by molar-refractivity contribution is 5.96. The van der Waals surface area contributed by atoms with Gasteiger partial charge in [0.05, 0.1) is 12.1 Å². The molecule has 6 nitrogen and oxygen atoms in total. The van der Waals surface area contributed by atoms with E-state index in [2.05, 4.69) is 14.9 Å². The average molecular weight is 196 g/mol. The van der Waals surface area contributed by atoms with Gasteiger partial charge in [-0.3, -0.25) is 4.79 Å². The van der Waals surface area contributed by atoms with Crippen LogP contribution < -0.4 is 5.73 Å². The molecule has 14 heavy (non-hydrogen) atoms. The minimum atomic E-state index is -0.369. The number of nitrogens with zero attached hydrogens (tertiary/aromatic N) is 3. The summed E-state index contributed by atoms with van der Waals surface area (Å²) in [5, 5.41) is 7.21. The Kier molecular flexibility index (Phi) is 1.81. The number of rotatable bonds is 2. The molecule has 0 fully saturated rings. The SMILES string of the molecule is CC(C)(CN)N1Cc2nonc2C1=O. The van der Waals surface area contributed by atoms with Crippen molar-refractivity contribution in [2.24, 2.45) is 5.73 Å². The Morgan fingerprint density at radius 1 is 1.57 bits per heavy atom. The van der Waals surface area contributed by atoms with Gasteiger partial charge in [0.2, 0.25) is 0 Å². The van der Waals surface area contributed by atoms with Gasteiger partial charge in [0.1, 0.15) is 5.69 Å². The van der Waals surface area contributed by atoms with Gasteiger partial charge < -0.3 is 10.6 Å². The average Bonchev–Trinajstić information content (AvgIpc) is 2.69. The molecule has 0 radical (unpaired) electrons. The van der Waals surface area contributed by atoms with Crippen LogP contribution in [0.4, 0.5) is 0 Å². The summed E-state index contributed by atoms with van der Waals surface area (Å²) in [4.78, 5) is 13.4. The van der Waals surface area contributed by atoms with Gasteiger partial charge in [-0.05, 0) is 19.0 Å². The van der Waals surface area contributed by atoms with Gasteiger partial charge in [0.15, 0.2) is 5.69 Å². The van der Waals surface area contributed by atoms with Gasteiger partial charge in [0.25, 0.3) is 5.91 Å². The first kappa shape index (κ1) is 9.14. The predicted molar refractivity (Wildman–Crippen MR) is 47.3 cm³/mol. The van der Waals surface area contributed by atoms with Crippen LogP contribution in [0.1, 0.15) is 30.0 Å². The third kappa shape index (κ3) is 1.11. The van der Waals surface area contributed by atoms with Gasteiger partial charge in [-0.1, -0.05) is 5.16 Å². The molecule has 2 rings (SSSR count). The Bertz CT molecular complexity index is 371. The van der Waals surface area contributed by atoms with Gasteiger partial charge in [-0.25, -0.2) is 4.63 Å². The number of carbonyl (C=O) groups excluding carboxylic acids is 1. The molecule has 1 aliphatic rings. The summed E-state index contributed by atoms with van der Waals surface area (Å²) in [6, 6.07) is 0. The van der Waals surface area contributed by atoms with Crippen molar-refractivity contribution in [1.82, 2.24) is 15.2 Å². The Morgan fingerprint density at radius 3 is 2.86 bits per heavy atom. The highest BCUT2D eigenvalue weighted by Gasteiger charge is 2.40. The molecule has 6 heteroatoms. The van der Waals surface area contributed by atoms with E-state index in [0.717, 1.165) is 0 Å². The second-order valence-corrected chi connectivity index (χ2v) is 3.97. The maximum absolute atomic E-state index is 11.8. The number of nitrogens with two attached hydrogens (primary N) is 1. The summed E-state index contributed by atoms with van der Waals surface area (Å²) in [6.07, 6.45) is 0. The topological polar surface area (TPSA) is 85.2 Å². The van der Waals surface area contributed by atoms with Crippen LogP contribution in [-0.4, -0.2) is 33.2 Å². The first-order valence-corrected chi connectivity index (χ1v) is 4.40. The molecular weight excluding hydrogens is 184 g/mol. The molecule has 1 aromatic heterocycles. The van der Waals surface area contributed by atoms with Crippen LogP contribution >= 0.6 is 0 Å². The maximum Gasteiger partial charge on any atom is 0.278 e. The number of hydrogen-bond donors (Lipinski definition) is 1. The monoisotopic (exact) mass is 196 g/mol.